The Morgan fingerprint density at radius 3 is 2.67 bits per heavy atom. The Hall–Kier alpha value is -1.10. The molecule has 0 bridgehead atoms. The van der Waals surface area contributed by atoms with Crippen molar-refractivity contribution in [2.45, 2.75) is 58.0 Å². The van der Waals surface area contributed by atoms with Crippen LogP contribution in [0.25, 0.3) is 0 Å². The van der Waals surface area contributed by atoms with Crippen molar-refractivity contribution >= 4 is 11.9 Å². The summed E-state index contributed by atoms with van der Waals surface area (Å²) < 4.78 is 0. The molecule has 1 saturated carbocycles. The van der Waals surface area contributed by atoms with Crippen molar-refractivity contribution in [2.75, 3.05) is 7.05 Å². The molecule has 18 heavy (non-hydrogen) atoms. The minimum atomic E-state index is -0.455. The van der Waals surface area contributed by atoms with Gasteiger partial charge in [-0.05, 0) is 25.7 Å². The fourth-order valence-electron chi connectivity index (χ4n) is 2.53. The van der Waals surface area contributed by atoms with Crippen LogP contribution in [-0.2, 0) is 4.79 Å². The highest BCUT2D eigenvalue weighted by molar-refractivity contribution is 5.96. The first kappa shape index (κ1) is 15.0. The van der Waals surface area contributed by atoms with Gasteiger partial charge in [0.05, 0.1) is 6.04 Å². The highest BCUT2D eigenvalue weighted by atomic mass is 16.2. The Kier molecular flexibility index (Phi) is 6.12. The lowest BCUT2D eigenvalue weighted by molar-refractivity contribution is -0.121. The van der Waals surface area contributed by atoms with Gasteiger partial charge in [-0.3, -0.25) is 10.1 Å². The maximum atomic E-state index is 11.7. The van der Waals surface area contributed by atoms with Crippen LogP contribution in [0.4, 0.5) is 4.79 Å². The Labute approximate surface area is 109 Å². The molecule has 5 nitrogen and oxygen atoms in total. The molecule has 3 atom stereocenters. The number of hydrogen-bond acceptors (Lipinski definition) is 3. The average molecular weight is 255 g/mol. The van der Waals surface area contributed by atoms with E-state index in [0.29, 0.717) is 6.04 Å². The quantitative estimate of drug-likeness (QED) is 0.711. The third kappa shape index (κ3) is 4.64. The third-order valence-electron chi connectivity index (χ3n) is 3.70. The maximum absolute atomic E-state index is 11.7. The van der Waals surface area contributed by atoms with Gasteiger partial charge in [0, 0.05) is 13.1 Å². The van der Waals surface area contributed by atoms with E-state index in [4.69, 9.17) is 0 Å². The summed E-state index contributed by atoms with van der Waals surface area (Å²) in [5.41, 5.74) is 0. The Bertz CT molecular complexity index is 294. The summed E-state index contributed by atoms with van der Waals surface area (Å²) in [5.74, 6) is 0.499. The summed E-state index contributed by atoms with van der Waals surface area (Å²) in [7, 11) is 1.49. The van der Waals surface area contributed by atoms with Gasteiger partial charge in [-0.25, -0.2) is 4.79 Å². The average Bonchev–Trinajstić information content (AvgIpc) is 2.38. The normalized spacial score (nSPS) is 25.3. The standard InChI is InChI=1S/C13H25N3O2/c1-4-10-6-5-7-11(8-10)15-9(2)12(17)16-13(18)14-3/h9-11,15H,4-8H2,1-3H3,(H2,14,16,17,18). The molecule has 3 N–H and O–H groups in total. The molecule has 0 aromatic heterocycles. The third-order valence-corrected chi connectivity index (χ3v) is 3.70. The maximum Gasteiger partial charge on any atom is 0.321 e. The molecule has 3 unspecified atom stereocenters. The Morgan fingerprint density at radius 2 is 2.06 bits per heavy atom. The summed E-state index contributed by atoms with van der Waals surface area (Å²) in [6.45, 7) is 4.02. The number of amides is 3. The van der Waals surface area contributed by atoms with Gasteiger partial charge in [0.25, 0.3) is 0 Å². The van der Waals surface area contributed by atoms with E-state index in [1.165, 1.54) is 26.3 Å². The van der Waals surface area contributed by atoms with Crippen molar-refractivity contribution in [3.05, 3.63) is 0 Å². The lowest BCUT2D eigenvalue weighted by atomic mass is 9.84. The predicted octanol–water partition coefficient (Wildman–Crippen LogP) is 1.39. The monoisotopic (exact) mass is 255 g/mol. The van der Waals surface area contributed by atoms with Crippen molar-refractivity contribution in [3.8, 4) is 0 Å². The molecule has 1 aliphatic carbocycles. The van der Waals surface area contributed by atoms with Crippen LogP contribution in [0.1, 0.15) is 46.0 Å². The molecule has 0 radical (unpaired) electrons. The van der Waals surface area contributed by atoms with E-state index in [9.17, 15) is 9.59 Å². The zero-order chi connectivity index (χ0) is 13.5. The molecule has 1 rings (SSSR count). The molecule has 1 fully saturated rings. The number of rotatable bonds is 4. The fourth-order valence-corrected chi connectivity index (χ4v) is 2.53. The largest absolute Gasteiger partial charge is 0.341 e. The lowest BCUT2D eigenvalue weighted by Gasteiger charge is -2.31. The summed E-state index contributed by atoms with van der Waals surface area (Å²) in [6, 6.07) is -0.388. The number of carbonyl (C=O) groups excluding carboxylic acids is 2. The van der Waals surface area contributed by atoms with Crippen LogP contribution in [0.5, 0.6) is 0 Å². The van der Waals surface area contributed by atoms with E-state index in [2.05, 4.69) is 22.9 Å². The van der Waals surface area contributed by atoms with Crippen LogP contribution < -0.4 is 16.0 Å². The number of hydrogen-bond donors (Lipinski definition) is 3. The van der Waals surface area contributed by atoms with Gasteiger partial charge in [0.1, 0.15) is 0 Å². The smallest absolute Gasteiger partial charge is 0.321 e. The number of imide groups is 1. The van der Waals surface area contributed by atoms with Gasteiger partial charge in [-0.1, -0.05) is 26.2 Å². The fraction of sp³-hybridized carbons (Fsp3) is 0.846. The van der Waals surface area contributed by atoms with Crippen molar-refractivity contribution in [1.29, 1.82) is 0 Å². The predicted molar refractivity (Wildman–Crippen MR) is 71.2 cm³/mol. The molecule has 0 heterocycles. The van der Waals surface area contributed by atoms with Gasteiger partial charge < -0.3 is 10.6 Å². The van der Waals surface area contributed by atoms with Crippen LogP contribution in [0.2, 0.25) is 0 Å². The zero-order valence-electron chi connectivity index (χ0n) is 11.6. The van der Waals surface area contributed by atoms with Crippen LogP contribution in [0.15, 0.2) is 0 Å². The topological polar surface area (TPSA) is 70.2 Å². The number of carbonyl (C=O) groups is 2. The molecular weight excluding hydrogens is 230 g/mol. The van der Waals surface area contributed by atoms with Gasteiger partial charge in [0.15, 0.2) is 0 Å². The second-order valence-corrected chi connectivity index (χ2v) is 5.09. The summed E-state index contributed by atoms with van der Waals surface area (Å²) in [6.07, 6.45) is 5.98. The molecular formula is C13H25N3O2. The van der Waals surface area contributed by atoms with E-state index in [1.807, 2.05) is 0 Å². The van der Waals surface area contributed by atoms with E-state index >= 15 is 0 Å². The summed E-state index contributed by atoms with van der Waals surface area (Å²) in [4.78, 5) is 22.7. The lowest BCUT2D eigenvalue weighted by Crippen LogP contribution is -2.50. The first-order valence-corrected chi connectivity index (χ1v) is 6.85. The van der Waals surface area contributed by atoms with Crippen LogP contribution in [-0.4, -0.2) is 31.1 Å². The highest BCUT2D eigenvalue weighted by Crippen LogP contribution is 2.26. The first-order chi connectivity index (χ1) is 8.56. The molecule has 1 aliphatic rings. The Morgan fingerprint density at radius 1 is 1.33 bits per heavy atom. The van der Waals surface area contributed by atoms with E-state index in [0.717, 1.165) is 18.8 Å². The molecule has 0 aromatic rings. The van der Waals surface area contributed by atoms with E-state index in [-0.39, 0.29) is 11.9 Å². The molecule has 0 spiro atoms. The highest BCUT2D eigenvalue weighted by Gasteiger charge is 2.24. The molecule has 0 aliphatic heterocycles. The van der Waals surface area contributed by atoms with Crippen molar-refractivity contribution < 1.29 is 9.59 Å². The van der Waals surface area contributed by atoms with Crippen molar-refractivity contribution in [1.82, 2.24) is 16.0 Å². The van der Waals surface area contributed by atoms with Gasteiger partial charge >= 0.3 is 6.03 Å². The molecule has 3 amide bonds. The van der Waals surface area contributed by atoms with Crippen molar-refractivity contribution in [3.63, 3.8) is 0 Å². The number of urea groups is 1. The second kappa shape index (κ2) is 7.36. The van der Waals surface area contributed by atoms with Crippen LogP contribution in [0.3, 0.4) is 0 Å². The molecule has 0 aromatic carbocycles. The molecule has 0 saturated heterocycles. The summed E-state index contributed by atoms with van der Waals surface area (Å²) in [5, 5.41) is 7.98. The van der Waals surface area contributed by atoms with Crippen LogP contribution >= 0.6 is 0 Å². The van der Waals surface area contributed by atoms with Crippen molar-refractivity contribution in [2.24, 2.45) is 5.92 Å². The van der Waals surface area contributed by atoms with Gasteiger partial charge in [-0.15, -0.1) is 0 Å². The first-order valence-electron chi connectivity index (χ1n) is 6.85. The SMILES string of the molecule is CCC1CCCC(NC(C)C(=O)NC(=O)NC)C1. The second-order valence-electron chi connectivity index (χ2n) is 5.09. The van der Waals surface area contributed by atoms with E-state index < -0.39 is 6.03 Å². The Balaban J connectivity index is 2.36. The van der Waals surface area contributed by atoms with Gasteiger partial charge in [0.2, 0.25) is 5.91 Å². The molecule has 104 valence electrons. The minimum absolute atomic E-state index is 0.270. The minimum Gasteiger partial charge on any atom is -0.341 e. The van der Waals surface area contributed by atoms with Crippen LogP contribution in [0, 0.1) is 5.92 Å². The molecule has 5 heteroatoms. The summed E-state index contributed by atoms with van der Waals surface area (Å²) >= 11 is 0. The van der Waals surface area contributed by atoms with Gasteiger partial charge in [-0.2, -0.15) is 0 Å². The van der Waals surface area contributed by atoms with E-state index in [1.54, 1.807) is 6.92 Å². The number of nitrogens with one attached hydrogen (secondary N) is 3. The zero-order valence-corrected chi connectivity index (χ0v) is 11.6.